The van der Waals surface area contributed by atoms with E-state index in [1.54, 1.807) is 0 Å². The topological polar surface area (TPSA) is 41.5 Å². The van der Waals surface area contributed by atoms with Crippen LogP contribution in [0.5, 0.6) is 0 Å². The van der Waals surface area contributed by atoms with E-state index in [9.17, 15) is 5.11 Å². The van der Waals surface area contributed by atoms with Gasteiger partial charge in [-0.05, 0) is 30.5 Å². The largest absolute Gasteiger partial charge is 0.389 e. The third kappa shape index (κ3) is 7.06. The van der Waals surface area contributed by atoms with Crippen molar-refractivity contribution in [1.29, 1.82) is 0 Å². The highest BCUT2D eigenvalue weighted by atomic mass is 79.9. The van der Waals surface area contributed by atoms with Gasteiger partial charge in [0.25, 0.3) is 0 Å². The van der Waals surface area contributed by atoms with E-state index in [4.69, 9.17) is 4.74 Å². The third-order valence-corrected chi connectivity index (χ3v) is 3.26. The molecule has 1 unspecified atom stereocenters. The Morgan fingerprint density at radius 2 is 2.00 bits per heavy atom. The molecule has 0 amide bonds. The van der Waals surface area contributed by atoms with E-state index in [1.807, 2.05) is 12.1 Å². The van der Waals surface area contributed by atoms with E-state index in [1.165, 1.54) is 5.56 Å². The molecule has 0 aliphatic carbocycles. The van der Waals surface area contributed by atoms with E-state index in [2.05, 4.69) is 54.2 Å². The predicted molar refractivity (Wildman–Crippen MR) is 82.2 cm³/mol. The molecule has 0 aliphatic rings. The van der Waals surface area contributed by atoms with Crippen LogP contribution in [0.1, 0.15) is 32.4 Å². The molecule has 19 heavy (non-hydrogen) atoms. The highest BCUT2D eigenvalue weighted by Crippen LogP contribution is 2.17. The van der Waals surface area contributed by atoms with Crippen molar-refractivity contribution < 1.29 is 9.84 Å². The fourth-order valence-corrected chi connectivity index (χ4v) is 2.12. The molecule has 0 saturated carbocycles. The minimum absolute atomic E-state index is 0.206. The molecule has 0 saturated heterocycles. The Kier molecular flexibility index (Phi) is 7.61. The second-order valence-corrected chi connectivity index (χ2v) is 6.19. The normalized spacial score (nSPS) is 14.6. The summed E-state index contributed by atoms with van der Waals surface area (Å²) < 4.78 is 6.49. The van der Waals surface area contributed by atoms with Crippen molar-refractivity contribution >= 4 is 15.9 Å². The number of nitrogens with one attached hydrogen (secondary N) is 1. The van der Waals surface area contributed by atoms with Gasteiger partial charge in [0.2, 0.25) is 0 Å². The van der Waals surface area contributed by atoms with Crippen molar-refractivity contribution in [2.24, 2.45) is 5.92 Å². The molecule has 0 radical (unpaired) electrons. The summed E-state index contributed by atoms with van der Waals surface area (Å²) in [5.74, 6) is 0.501. The van der Waals surface area contributed by atoms with Crippen LogP contribution in [0.25, 0.3) is 0 Å². The lowest BCUT2D eigenvalue weighted by Gasteiger charge is -2.18. The van der Waals surface area contributed by atoms with Crippen molar-refractivity contribution in [1.82, 2.24) is 5.32 Å². The molecule has 2 atom stereocenters. The molecule has 0 heterocycles. The molecular formula is C15H24BrNO2. The summed E-state index contributed by atoms with van der Waals surface area (Å²) in [7, 11) is 0. The van der Waals surface area contributed by atoms with Crippen LogP contribution < -0.4 is 5.32 Å². The first-order chi connectivity index (χ1) is 8.99. The molecule has 0 bridgehead atoms. The fraction of sp³-hybridized carbons (Fsp3) is 0.600. The highest BCUT2D eigenvalue weighted by molar-refractivity contribution is 9.10. The number of aliphatic hydroxyl groups excluding tert-OH is 1. The van der Waals surface area contributed by atoms with Crippen molar-refractivity contribution in [3.63, 3.8) is 0 Å². The molecule has 2 N–H and O–H groups in total. The molecule has 0 aliphatic heterocycles. The van der Waals surface area contributed by atoms with Crippen LogP contribution in [0, 0.1) is 5.92 Å². The minimum atomic E-state index is -0.464. The van der Waals surface area contributed by atoms with Crippen LogP contribution in [0.3, 0.4) is 0 Å². The summed E-state index contributed by atoms with van der Waals surface area (Å²) in [5.41, 5.74) is 1.20. The van der Waals surface area contributed by atoms with Crippen LogP contribution in [0.15, 0.2) is 28.7 Å². The summed E-state index contributed by atoms with van der Waals surface area (Å²) in [4.78, 5) is 0. The Labute approximate surface area is 124 Å². The number of benzene rings is 1. The maximum absolute atomic E-state index is 9.82. The zero-order chi connectivity index (χ0) is 14.3. The van der Waals surface area contributed by atoms with E-state index < -0.39 is 6.10 Å². The molecule has 3 nitrogen and oxygen atoms in total. The van der Waals surface area contributed by atoms with Crippen LogP contribution in [0.2, 0.25) is 0 Å². The molecular weight excluding hydrogens is 306 g/mol. The molecule has 108 valence electrons. The molecule has 1 aromatic rings. The molecule has 1 rings (SSSR count). The fourth-order valence-electron chi connectivity index (χ4n) is 1.71. The number of halogens is 1. The Hall–Kier alpha value is -0.420. The van der Waals surface area contributed by atoms with Crippen LogP contribution in [-0.4, -0.2) is 31.0 Å². The SMILES string of the molecule is CC(C)COCC(O)CN[C@H](C)c1cccc(Br)c1. The molecule has 0 fully saturated rings. The summed E-state index contributed by atoms with van der Waals surface area (Å²) >= 11 is 3.46. The van der Waals surface area contributed by atoms with Gasteiger partial charge >= 0.3 is 0 Å². The monoisotopic (exact) mass is 329 g/mol. The standard InChI is InChI=1S/C15H24BrNO2/c1-11(2)9-19-10-15(18)8-17-12(3)13-5-4-6-14(16)7-13/h4-7,11-12,15,17-18H,8-10H2,1-3H3/t12-,15?/m1/s1. The van der Waals surface area contributed by atoms with Crippen LogP contribution in [0.4, 0.5) is 0 Å². The average molecular weight is 330 g/mol. The van der Waals surface area contributed by atoms with Crippen LogP contribution >= 0.6 is 15.9 Å². The first-order valence-electron chi connectivity index (χ1n) is 6.73. The Bertz CT molecular complexity index is 371. The van der Waals surface area contributed by atoms with Gasteiger partial charge in [0.15, 0.2) is 0 Å². The molecule has 0 spiro atoms. The molecule has 1 aromatic carbocycles. The van der Waals surface area contributed by atoms with Crippen LogP contribution in [-0.2, 0) is 4.74 Å². The first kappa shape index (κ1) is 16.6. The number of rotatable bonds is 8. The Morgan fingerprint density at radius 1 is 1.26 bits per heavy atom. The van der Waals surface area contributed by atoms with Gasteiger partial charge < -0.3 is 15.2 Å². The minimum Gasteiger partial charge on any atom is -0.389 e. The lowest BCUT2D eigenvalue weighted by molar-refractivity contribution is 0.0252. The summed E-state index contributed by atoms with van der Waals surface area (Å²) in [6, 6.07) is 8.38. The summed E-state index contributed by atoms with van der Waals surface area (Å²) in [6.45, 7) is 7.89. The summed E-state index contributed by atoms with van der Waals surface area (Å²) in [6.07, 6.45) is -0.464. The van der Waals surface area contributed by atoms with Gasteiger partial charge in [-0.3, -0.25) is 0 Å². The van der Waals surface area contributed by atoms with E-state index in [0.717, 1.165) is 4.47 Å². The zero-order valence-electron chi connectivity index (χ0n) is 11.9. The third-order valence-electron chi connectivity index (χ3n) is 2.77. The molecule has 4 heteroatoms. The summed E-state index contributed by atoms with van der Waals surface area (Å²) in [5, 5.41) is 13.1. The maximum Gasteiger partial charge on any atom is 0.0897 e. The number of hydrogen-bond donors (Lipinski definition) is 2. The first-order valence-corrected chi connectivity index (χ1v) is 7.53. The van der Waals surface area contributed by atoms with Gasteiger partial charge in [0.05, 0.1) is 12.7 Å². The van der Waals surface area contributed by atoms with Crippen molar-refractivity contribution in [2.75, 3.05) is 19.8 Å². The number of aliphatic hydroxyl groups is 1. The quantitative estimate of drug-likeness (QED) is 0.769. The number of ether oxygens (including phenoxy) is 1. The van der Waals surface area contributed by atoms with Gasteiger partial charge in [-0.1, -0.05) is 41.9 Å². The van der Waals surface area contributed by atoms with E-state index in [-0.39, 0.29) is 6.04 Å². The van der Waals surface area contributed by atoms with E-state index >= 15 is 0 Å². The Morgan fingerprint density at radius 3 is 2.63 bits per heavy atom. The Balaban J connectivity index is 2.27. The average Bonchev–Trinajstić information content (AvgIpc) is 2.35. The maximum atomic E-state index is 9.82. The van der Waals surface area contributed by atoms with Crippen molar-refractivity contribution in [3.8, 4) is 0 Å². The van der Waals surface area contributed by atoms with Gasteiger partial charge in [0.1, 0.15) is 0 Å². The van der Waals surface area contributed by atoms with Gasteiger partial charge in [0, 0.05) is 23.7 Å². The van der Waals surface area contributed by atoms with Gasteiger partial charge in [-0.15, -0.1) is 0 Å². The second kappa shape index (κ2) is 8.69. The second-order valence-electron chi connectivity index (χ2n) is 5.27. The lowest BCUT2D eigenvalue weighted by Crippen LogP contribution is -2.32. The zero-order valence-corrected chi connectivity index (χ0v) is 13.5. The van der Waals surface area contributed by atoms with Gasteiger partial charge in [-0.2, -0.15) is 0 Å². The number of hydrogen-bond acceptors (Lipinski definition) is 3. The van der Waals surface area contributed by atoms with Crippen molar-refractivity contribution in [3.05, 3.63) is 34.3 Å². The lowest BCUT2D eigenvalue weighted by atomic mass is 10.1. The predicted octanol–water partition coefficient (Wildman–Crippen LogP) is 3.13. The smallest absolute Gasteiger partial charge is 0.0897 e. The van der Waals surface area contributed by atoms with Gasteiger partial charge in [-0.25, -0.2) is 0 Å². The van der Waals surface area contributed by atoms with E-state index in [0.29, 0.717) is 25.7 Å². The molecule has 0 aromatic heterocycles. The van der Waals surface area contributed by atoms with Crippen molar-refractivity contribution in [2.45, 2.75) is 32.9 Å². The highest BCUT2D eigenvalue weighted by Gasteiger charge is 2.09.